The van der Waals surface area contributed by atoms with Gasteiger partial charge < -0.3 is 0 Å². The van der Waals surface area contributed by atoms with Crippen molar-refractivity contribution in [3.63, 3.8) is 0 Å². The molecule has 0 amide bonds. The van der Waals surface area contributed by atoms with Crippen LogP contribution in [0.25, 0.3) is 10.7 Å². The predicted octanol–water partition coefficient (Wildman–Crippen LogP) is 1.41. The Morgan fingerprint density at radius 1 is 1.23 bits per heavy atom. The molecule has 0 saturated heterocycles. The normalized spacial score (nSPS) is 9.85. The monoisotopic (exact) mass is 191 g/mol. The van der Waals surface area contributed by atoms with Crippen LogP contribution in [0, 0.1) is 0 Å². The second-order valence-corrected chi connectivity index (χ2v) is 3.34. The van der Waals surface area contributed by atoms with Crippen LogP contribution in [0.3, 0.4) is 0 Å². The van der Waals surface area contributed by atoms with Crippen LogP contribution in [0.15, 0.2) is 24.8 Å². The molecule has 5 heteroatoms. The molecule has 64 valence electrons. The number of hydrogen-bond acceptors (Lipinski definition) is 5. The molecule has 0 radical (unpaired) electrons. The van der Waals surface area contributed by atoms with Crippen LogP contribution in [0.5, 0.6) is 0 Å². The minimum Gasteiger partial charge on any atom is -0.297 e. The zero-order valence-electron chi connectivity index (χ0n) is 6.54. The van der Waals surface area contributed by atoms with Crippen molar-refractivity contribution >= 4 is 17.6 Å². The van der Waals surface area contributed by atoms with E-state index in [-0.39, 0.29) is 0 Å². The molecule has 0 fully saturated rings. The van der Waals surface area contributed by atoms with E-state index in [0.717, 1.165) is 11.3 Å². The highest BCUT2D eigenvalue weighted by atomic mass is 32.1. The van der Waals surface area contributed by atoms with Gasteiger partial charge in [0.25, 0.3) is 0 Å². The van der Waals surface area contributed by atoms with Crippen LogP contribution in [0.2, 0.25) is 0 Å². The summed E-state index contributed by atoms with van der Waals surface area (Å²) >= 11 is 1.30. The Hall–Kier alpha value is -1.62. The fourth-order valence-electron chi connectivity index (χ4n) is 0.869. The summed E-state index contributed by atoms with van der Waals surface area (Å²) in [5.74, 6) is 0. The lowest BCUT2D eigenvalue weighted by Gasteiger charge is -1.90. The maximum atomic E-state index is 10.4. The Bertz CT molecular complexity index is 412. The van der Waals surface area contributed by atoms with Crippen LogP contribution >= 0.6 is 11.3 Å². The summed E-state index contributed by atoms with van der Waals surface area (Å²) in [6.45, 7) is 0. The lowest BCUT2D eigenvalue weighted by atomic mass is 10.5. The summed E-state index contributed by atoms with van der Waals surface area (Å²) in [6.07, 6.45) is 7.11. The Kier molecular flexibility index (Phi) is 2.09. The highest BCUT2D eigenvalue weighted by molar-refractivity contribution is 7.16. The molecular weight excluding hydrogens is 186 g/mol. The highest BCUT2D eigenvalue weighted by Crippen LogP contribution is 2.20. The SMILES string of the molecule is O=Cc1cnc(-c2cnccn2)s1. The first kappa shape index (κ1) is 8.00. The zero-order chi connectivity index (χ0) is 9.10. The Morgan fingerprint density at radius 3 is 2.77 bits per heavy atom. The van der Waals surface area contributed by atoms with Crippen molar-refractivity contribution in [2.24, 2.45) is 0 Å². The number of carbonyl (C=O) groups excluding carboxylic acids is 1. The first-order chi connectivity index (χ1) is 6.40. The van der Waals surface area contributed by atoms with E-state index in [9.17, 15) is 4.79 Å². The molecule has 0 unspecified atom stereocenters. The van der Waals surface area contributed by atoms with Gasteiger partial charge in [-0.15, -0.1) is 11.3 Å². The molecule has 0 saturated carbocycles. The third-order valence-corrected chi connectivity index (χ3v) is 2.37. The van der Waals surface area contributed by atoms with Crippen LogP contribution in [-0.4, -0.2) is 21.2 Å². The van der Waals surface area contributed by atoms with Gasteiger partial charge in [-0.3, -0.25) is 14.8 Å². The fraction of sp³-hybridized carbons (Fsp3) is 0. The summed E-state index contributed by atoms with van der Waals surface area (Å²) in [6, 6.07) is 0. The van der Waals surface area contributed by atoms with Crippen molar-refractivity contribution in [3.05, 3.63) is 29.7 Å². The Morgan fingerprint density at radius 2 is 2.15 bits per heavy atom. The molecule has 2 aromatic rings. The summed E-state index contributed by atoms with van der Waals surface area (Å²) in [7, 11) is 0. The first-order valence-electron chi connectivity index (χ1n) is 3.57. The Labute approximate surface area is 78.3 Å². The number of rotatable bonds is 2. The third-order valence-electron chi connectivity index (χ3n) is 1.42. The molecule has 0 bridgehead atoms. The Balaban J connectivity index is 2.41. The van der Waals surface area contributed by atoms with Gasteiger partial charge in [-0.2, -0.15) is 0 Å². The van der Waals surface area contributed by atoms with E-state index in [2.05, 4.69) is 15.0 Å². The van der Waals surface area contributed by atoms with Crippen molar-refractivity contribution in [3.8, 4) is 10.7 Å². The molecule has 0 atom stereocenters. The summed E-state index contributed by atoms with van der Waals surface area (Å²) in [4.78, 5) is 23.0. The van der Waals surface area contributed by atoms with Crippen molar-refractivity contribution in [1.29, 1.82) is 0 Å². The average molecular weight is 191 g/mol. The molecule has 0 N–H and O–H groups in total. The van der Waals surface area contributed by atoms with E-state index in [0.29, 0.717) is 10.6 Å². The molecular formula is C8H5N3OS. The van der Waals surface area contributed by atoms with Crippen molar-refractivity contribution in [2.45, 2.75) is 0 Å². The number of nitrogens with zero attached hydrogens (tertiary/aromatic N) is 3. The van der Waals surface area contributed by atoms with Crippen molar-refractivity contribution in [1.82, 2.24) is 15.0 Å². The fourth-order valence-corrected chi connectivity index (χ4v) is 1.56. The maximum Gasteiger partial charge on any atom is 0.161 e. The second kappa shape index (κ2) is 3.40. The van der Waals surface area contributed by atoms with Gasteiger partial charge in [0.05, 0.1) is 11.1 Å². The van der Waals surface area contributed by atoms with Gasteiger partial charge in [0, 0.05) is 18.6 Å². The zero-order valence-corrected chi connectivity index (χ0v) is 7.36. The van der Waals surface area contributed by atoms with Gasteiger partial charge in [-0.1, -0.05) is 0 Å². The lowest BCUT2D eigenvalue weighted by molar-refractivity contribution is 0.112. The second-order valence-electron chi connectivity index (χ2n) is 2.28. The molecule has 0 aromatic carbocycles. The van der Waals surface area contributed by atoms with Gasteiger partial charge in [0.15, 0.2) is 6.29 Å². The smallest absolute Gasteiger partial charge is 0.161 e. The molecule has 4 nitrogen and oxygen atoms in total. The van der Waals surface area contributed by atoms with Gasteiger partial charge in [-0.05, 0) is 0 Å². The van der Waals surface area contributed by atoms with Crippen molar-refractivity contribution < 1.29 is 4.79 Å². The van der Waals surface area contributed by atoms with Crippen LogP contribution in [0.1, 0.15) is 9.67 Å². The highest BCUT2D eigenvalue weighted by Gasteiger charge is 2.04. The number of thiazole rings is 1. The minimum atomic E-state index is 0.598. The molecule has 0 aliphatic carbocycles. The minimum absolute atomic E-state index is 0.598. The van der Waals surface area contributed by atoms with E-state index in [4.69, 9.17) is 0 Å². The van der Waals surface area contributed by atoms with Gasteiger partial charge in [0.1, 0.15) is 10.7 Å². The number of carbonyl (C=O) groups is 1. The van der Waals surface area contributed by atoms with Gasteiger partial charge in [0.2, 0.25) is 0 Å². The first-order valence-corrected chi connectivity index (χ1v) is 4.39. The number of aldehydes is 1. The quantitative estimate of drug-likeness (QED) is 0.673. The van der Waals surface area contributed by atoms with Crippen LogP contribution in [-0.2, 0) is 0 Å². The summed E-state index contributed by atoms with van der Waals surface area (Å²) < 4.78 is 0. The molecule has 13 heavy (non-hydrogen) atoms. The van der Waals surface area contributed by atoms with Gasteiger partial charge >= 0.3 is 0 Å². The van der Waals surface area contributed by atoms with E-state index < -0.39 is 0 Å². The van der Waals surface area contributed by atoms with Crippen molar-refractivity contribution in [2.75, 3.05) is 0 Å². The largest absolute Gasteiger partial charge is 0.297 e. The molecule has 2 aromatic heterocycles. The standard InChI is InChI=1S/C8H5N3OS/c12-5-6-3-11-8(13-6)7-4-9-1-2-10-7/h1-5H. The van der Waals surface area contributed by atoms with E-state index in [1.54, 1.807) is 18.6 Å². The summed E-state index contributed by atoms with van der Waals surface area (Å²) in [5.41, 5.74) is 0.695. The lowest BCUT2D eigenvalue weighted by Crippen LogP contribution is -1.81. The molecule has 0 spiro atoms. The van der Waals surface area contributed by atoms with E-state index in [1.807, 2.05) is 0 Å². The number of aromatic nitrogens is 3. The van der Waals surface area contributed by atoms with E-state index in [1.165, 1.54) is 17.5 Å². The molecule has 2 heterocycles. The topological polar surface area (TPSA) is 55.7 Å². The predicted molar refractivity (Wildman–Crippen MR) is 48.5 cm³/mol. The average Bonchev–Trinajstić information content (AvgIpc) is 2.67. The van der Waals surface area contributed by atoms with Gasteiger partial charge in [-0.25, -0.2) is 4.98 Å². The van der Waals surface area contributed by atoms with Crippen LogP contribution < -0.4 is 0 Å². The summed E-state index contributed by atoms with van der Waals surface area (Å²) in [5, 5.41) is 0.718. The molecule has 2 rings (SSSR count). The third kappa shape index (κ3) is 1.59. The molecule has 0 aliphatic rings. The van der Waals surface area contributed by atoms with Crippen LogP contribution in [0.4, 0.5) is 0 Å². The maximum absolute atomic E-state index is 10.4. The van der Waals surface area contributed by atoms with E-state index >= 15 is 0 Å². The molecule has 0 aliphatic heterocycles. The number of hydrogen-bond donors (Lipinski definition) is 0.